The Hall–Kier alpha value is 0.300. The van der Waals surface area contributed by atoms with E-state index in [9.17, 15) is 0 Å². The fourth-order valence-corrected chi connectivity index (χ4v) is 2.08. The summed E-state index contributed by atoms with van der Waals surface area (Å²) in [5, 5.41) is 1.84. The van der Waals surface area contributed by atoms with Crippen molar-refractivity contribution < 1.29 is 4.99 Å². The molecule has 4 heteroatoms. The van der Waals surface area contributed by atoms with E-state index >= 15 is 0 Å². The Bertz CT molecular complexity index is 115. The summed E-state index contributed by atoms with van der Waals surface area (Å²) in [6.45, 7) is 0. The van der Waals surface area contributed by atoms with Gasteiger partial charge in [0.1, 0.15) is 6.04 Å². The molecule has 1 aliphatic rings. The Morgan fingerprint density at radius 3 is 3.00 bits per heavy atom. The summed E-state index contributed by atoms with van der Waals surface area (Å²) in [7, 11) is 0. The zero-order chi connectivity index (χ0) is 5.98. The molecule has 0 spiro atoms. The van der Waals surface area contributed by atoms with Gasteiger partial charge in [0.15, 0.2) is 0 Å². The fourth-order valence-electron chi connectivity index (χ4n) is 0.558. The fraction of sp³-hybridized carbons (Fsp3) is 0.750. The molecule has 1 aliphatic heterocycles. The SMILES string of the molecule is NC1=[NH+]C(CBr)CS1. The topological polar surface area (TPSA) is 40.0 Å². The van der Waals surface area contributed by atoms with Gasteiger partial charge in [-0.3, -0.25) is 10.7 Å². The molecule has 0 amide bonds. The number of amidine groups is 1. The molecule has 0 bridgehead atoms. The lowest BCUT2D eigenvalue weighted by molar-refractivity contribution is -0.484. The summed E-state index contributed by atoms with van der Waals surface area (Å²) in [5.41, 5.74) is 5.45. The minimum Gasteiger partial charge on any atom is -0.282 e. The van der Waals surface area contributed by atoms with E-state index in [0.717, 1.165) is 16.3 Å². The van der Waals surface area contributed by atoms with Gasteiger partial charge in [-0.15, -0.1) is 0 Å². The maximum atomic E-state index is 5.45. The van der Waals surface area contributed by atoms with E-state index in [-0.39, 0.29) is 0 Å². The van der Waals surface area contributed by atoms with Crippen molar-refractivity contribution in [2.45, 2.75) is 6.04 Å². The van der Waals surface area contributed by atoms with E-state index in [1.165, 1.54) is 0 Å². The molecule has 1 rings (SSSR count). The van der Waals surface area contributed by atoms with Crippen LogP contribution in [0.5, 0.6) is 0 Å². The van der Waals surface area contributed by atoms with Crippen LogP contribution in [0.15, 0.2) is 0 Å². The van der Waals surface area contributed by atoms with Gasteiger partial charge in [-0.05, 0) is 11.8 Å². The number of thioether (sulfide) groups is 1. The minimum absolute atomic E-state index is 0.542. The van der Waals surface area contributed by atoms with Crippen molar-refractivity contribution >= 4 is 32.9 Å². The van der Waals surface area contributed by atoms with Gasteiger partial charge in [0.2, 0.25) is 0 Å². The smallest absolute Gasteiger partial charge is 0.282 e. The van der Waals surface area contributed by atoms with Crippen LogP contribution in [-0.2, 0) is 0 Å². The highest BCUT2D eigenvalue weighted by molar-refractivity contribution is 9.09. The zero-order valence-electron chi connectivity index (χ0n) is 4.36. The number of nitrogens with two attached hydrogens (primary N) is 1. The van der Waals surface area contributed by atoms with Crippen molar-refractivity contribution in [3.05, 3.63) is 0 Å². The molecule has 0 aromatic rings. The van der Waals surface area contributed by atoms with Crippen LogP contribution in [0.4, 0.5) is 0 Å². The van der Waals surface area contributed by atoms with Crippen LogP contribution in [0.2, 0.25) is 0 Å². The summed E-state index contributed by atoms with van der Waals surface area (Å²) in [6, 6.07) is 0.542. The first-order valence-corrected chi connectivity index (χ1v) is 4.51. The normalized spacial score (nSPS) is 28.1. The molecule has 0 aliphatic carbocycles. The number of alkyl halides is 1. The lowest BCUT2D eigenvalue weighted by Gasteiger charge is -1.91. The van der Waals surface area contributed by atoms with E-state index < -0.39 is 0 Å². The minimum atomic E-state index is 0.542. The predicted molar refractivity (Wildman–Crippen MR) is 40.2 cm³/mol. The molecular weight excluding hydrogens is 188 g/mol. The summed E-state index contributed by atoms with van der Waals surface area (Å²) < 4.78 is 0. The van der Waals surface area contributed by atoms with E-state index in [0.29, 0.717) is 6.04 Å². The summed E-state index contributed by atoms with van der Waals surface area (Å²) in [6.07, 6.45) is 0. The lowest BCUT2D eigenvalue weighted by atomic mass is 10.4. The molecular formula is C4H8BrN2S+. The van der Waals surface area contributed by atoms with E-state index in [2.05, 4.69) is 20.9 Å². The summed E-state index contributed by atoms with van der Waals surface area (Å²) in [4.78, 5) is 3.11. The molecule has 0 aromatic carbocycles. The van der Waals surface area contributed by atoms with Gasteiger partial charge in [0, 0.05) is 11.1 Å². The van der Waals surface area contributed by atoms with Gasteiger partial charge < -0.3 is 0 Å². The molecule has 3 N–H and O–H groups in total. The van der Waals surface area contributed by atoms with Gasteiger partial charge in [0.05, 0.1) is 0 Å². The predicted octanol–water partition coefficient (Wildman–Crippen LogP) is -1.11. The average molecular weight is 196 g/mol. The zero-order valence-corrected chi connectivity index (χ0v) is 6.76. The molecule has 8 heavy (non-hydrogen) atoms. The highest BCUT2D eigenvalue weighted by Gasteiger charge is 2.18. The van der Waals surface area contributed by atoms with Crippen molar-refractivity contribution in [2.24, 2.45) is 5.73 Å². The summed E-state index contributed by atoms with van der Waals surface area (Å²) >= 11 is 5.04. The third kappa shape index (κ3) is 1.39. The molecule has 46 valence electrons. The van der Waals surface area contributed by atoms with Gasteiger partial charge in [-0.2, -0.15) is 0 Å². The Labute approximate surface area is 61.1 Å². The maximum absolute atomic E-state index is 5.45. The molecule has 0 saturated carbocycles. The van der Waals surface area contributed by atoms with Gasteiger partial charge >= 0.3 is 5.17 Å². The lowest BCUT2D eigenvalue weighted by Crippen LogP contribution is -2.78. The van der Waals surface area contributed by atoms with Crippen molar-refractivity contribution in [3.63, 3.8) is 0 Å². The molecule has 0 saturated heterocycles. The standard InChI is InChI=1S/C4H7BrN2S/c5-1-3-2-8-4(6)7-3/h3H,1-2H2,(H2,6,7)/p+1. The first kappa shape index (κ1) is 6.42. The van der Waals surface area contributed by atoms with Crippen LogP contribution in [0.1, 0.15) is 0 Å². The molecule has 1 atom stereocenters. The van der Waals surface area contributed by atoms with Gasteiger partial charge in [0.25, 0.3) is 0 Å². The highest BCUT2D eigenvalue weighted by atomic mass is 79.9. The third-order valence-corrected chi connectivity index (χ3v) is 2.75. The van der Waals surface area contributed by atoms with Crippen LogP contribution in [0.3, 0.4) is 0 Å². The number of halogens is 1. The van der Waals surface area contributed by atoms with Crippen LogP contribution in [-0.4, -0.2) is 22.3 Å². The number of hydrogen-bond donors (Lipinski definition) is 2. The van der Waals surface area contributed by atoms with Crippen molar-refractivity contribution in [3.8, 4) is 0 Å². The Morgan fingerprint density at radius 1 is 2.00 bits per heavy atom. The molecule has 1 heterocycles. The van der Waals surface area contributed by atoms with Gasteiger partial charge in [-0.1, -0.05) is 15.9 Å². The average Bonchev–Trinajstić information content (AvgIpc) is 2.14. The van der Waals surface area contributed by atoms with Crippen LogP contribution < -0.4 is 10.7 Å². The monoisotopic (exact) mass is 195 g/mol. The van der Waals surface area contributed by atoms with Crippen molar-refractivity contribution in [1.82, 2.24) is 0 Å². The highest BCUT2D eigenvalue weighted by Crippen LogP contribution is 2.03. The summed E-state index contributed by atoms with van der Waals surface area (Å²) in [5.74, 6) is 1.09. The number of hydrogen-bond acceptors (Lipinski definition) is 2. The number of rotatable bonds is 1. The quantitative estimate of drug-likeness (QED) is 0.522. The second kappa shape index (κ2) is 2.73. The first-order valence-electron chi connectivity index (χ1n) is 2.40. The van der Waals surface area contributed by atoms with E-state index in [1.807, 2.05) is 0 Å². The second-order valence-corrected chi connectivity index (χ2v) is 3.38. The van der Waals surface area contributed by atoms with E-state index in [1.54, 1.807) is 11.8 Å². The van der Waals surface area contributed by atoms with E-state index in [4.69, 9.17) is 5.73 Å². The second-order valence-electron chi connectivity index (χ2n) is 1.67. The van der Waals surface area contributed by atoms with Crippen molar-refractivity contribution in [2.75, 3.05) is 11.1 Å². The molecule has 0 aromatic heterocycles. The van der Waals surface area contributed by atoms with Gasteiger partial charge in [-0.25, -0.2) is 0 Å². The molecule has 0 fully saturated rings. The largest absolute Gasteiger partial charge is 0.302 e. The first-order chi connectivity index (χ1) is 3.83. The number of nitrogens with one attached hydrogen (secondary N) is 1. The maximum Gasteiger partial charge on any atom is 0.302 e. The Balaban J connectivity index is 2.41. The van der Waals surface area contributed by atoms with Crippen LogP contribution >= 0.6 is 27.7 Å². The Kier molecular flexibility index (Phi) is 2.19. The molecule has 2 nitrogen and oxygen atoms in total. The molecule has 1 unspecified atom stereocenters. The van der Waals surface area contributed by atoms with Crippen LogP contribution in [0, 0.1) is 0 Å². The molecule has 0 radical (unpaired) electrons. The van der Waals surface area contributed by atoms with Crippen LogP contribution in [0.25, 0.3) is 0 Å². The third-order valence-electron chi connectivity index (χ3n) is 0.973. The van der Waals surface area contributed by atoms with Crippen molar-refractivity contribution in [1.29, 1.82) is 0 Å². The Morgan fingerprint density at radius 2 is 2.75 bits per heavy atom.